The third kappa shape index (κ3) is 52.7. The molecule has 34 heavy (non-hydrogen) atoms. The van der Waals surface area contributed by atoms with E-state index in [1.807, 2.05) is 92.6 Å². The number of rotatable bonds is 11. The van der Waals surface area contributed by atoms with Gasteiger partial charge in [0.25, 0.3) is 0 Å². The molecule has 0 radical (unpaired) electrons. The van der Waals surface area contributed by atoms with Gasteiger partial charge in [-0.2, -0.15) is 0 Å². The van der Waals surface area contributed by atoms with Crippen molar-refractivity contribution < 1.29 is 23.7 Å². The lowest BCUT2D eigenvalue weighted by molar-refractivity contribution is -0.121. The average molecular weight is 495 g/mol. The van der Waals surface area contributed by atoms with Crippen LogP contribution < -0.4 is 4.74 Å². The minimum absolute atomic E-state index is 0. The summed E-state index contributed by atoms with van der Waals surface area (Å²) in [4.78, 5) is 0. The van der Waals surface area contributed by atoms with Gasteiger partial charge in [-0.3, -0.25) is 0 Å². The fourth-order valence-electron chi connectivity index (χ4n) is 1.55. The van der Waals surface area contributed by atoms with Crippen molar-refractivity contribution in [3.8, 4) is 5.75 Å². The quantitative estimate of drug-likeness (QED) is 0.226. The van der Waals surface area contributed by atoms with Crippen LogP contribution in [-0.4, -0.2) is 46.1 Å². The summed E-state index contributed by atoms with van der Waals surface area (Å²) >= 11 is 0. The van der Waals surface area contributed by atoms with E-state index >= 15 is 0 Å². The molecule has 0 amide bonds. The molecule has 0 spiro atoms. The minimum atomic E-state index is -0.169. The summed E-state index contributed by atoms with van der Waals surface area (Å²) in [6, 6.07) is 9.66. The Bertz CT molecular complexity index is 361. The lowest BCUT2D eigenvalue weighted by Crippen LogP contribution is -2.15. The van der Waals surface area contributed by atoms with Crippen molar-refractivity contribution in [3.05, 3.63) is 30.3 Å². The number of benzene rings is 1. The van der Waals surface area contributed by atoms with Crippen LogP contribution >= 0.6 is 0 Å². The molecule has 2 unspecified atom stereocenters. The summed E-state index contributed by atoms with van der Waals surface area (Å²) in [5, 5.41) is 0. The Morgan fingerprint density at radius 2 is 1.15 bits per heavy atom. The van der Waals surface area contributed by atoms with E-state index in [4.69, 9.17) is 23.7 Å². The molecule has 2 atom stereocenters. The molecule has 0 aliphatic rings. The van der Waals surface area contributed by atoms with Gasteiger partial charge in [0.05, 0.1) is 13.2 Å². The monoisotopic (exact) mass is 494 g/mol. The van der Waals surface area contributed by atoms with E-state index in [1.165, 1.54) is 6.42 Å². The lowest BCUT2D eigenvalue weighted by Gasteiger charge is -2.13. The molecule has 5 heteroatoms. The second-order valence-corrected chi connectivity index (χ2v) is 5.45. The maximum Gasteiger partial charge on any atom is 0.196 e. The number of para-hydroxylation sites is 1. The van der Waals surface area contributed by atoms with E-state index in [0.717, 1.165) is 18.8 Å². The van der Waals surface area contributed by atoms with Gasteiger partial charge >= 0.3 is 0 Å². The molecule has 0 N–H and O–H groups in total. The van der Waals surface area contributed by atoms with Gasteiger partial charge in [-0.05, 0) is 39.3 Å². The fourth-order valence-corrected chi connectivity index (χ4v) is 1.55. The maximum absolute atomic E-state index is 5.43. The second-order valence-electron chi connectivity index (χ2n) is 5.45. The standard InChI is InChI=1S/C10H14O2.C8H18O3.C3H8.3C2H6.2CH4/c1-3-11-9(2)12-10-7-5-4-6-8-10;1-4-5-10-6-7-11-8(2)9-3;1-3-2;3*1-2;;/h4-9H,3H2,1-2H3;8H,4-7H2,1-3H3;3H2,1-2H3;3*1-2H3;2*1H4. The van der Waals surface area contributed by atoms with Crippen LogP contribution in [0.15, 0.2) is 30.3 Å². The fraction of sp³-hybridized carbons (Fsp3) is 0.793. The van der Waals surface area contributed by atoms with Crippen molar-refractivity contribution in [3.63, 3.8) is 0 Å². The molecular formula is C29H66O5. The largest absolute Gasteiger partial charge is 0.465 e. The highest BCUT2D eigenvalue weighted by Crippen LogP contribution is 2.10. The highest BCUT2D eigenvalue weighted by Gasteiger charge is 2.00. The maximum atomic E-state index is 5.43. The van der Waals surface area contributed by atoms with Gasteiger partial charge in [-0.25, -0.2) is 0 Å². The molecule has 0 aliphatic carbocycles. The van der Waals surface area contributed by atoms with Gasteiger partial charge in [-0.1, -0.05) is 102 Å². The predicted molar refractivity (Wildman–Crippen MR) is 155 cm³/mol. The highest BCUT2D eigenvalue weighted by molar-refractivity contribution is 5.20. The van der Waals surface area contributed by atoms with Crippen molar-refractivity contribution in [1.29, 1.82) is 0 Å². The van der Waals surface area contributed by atoms with Crippen LogP contribution in [0, 0.1) is 0 Å². The minimum Gasteiger partial charge on any atom is -0.465 e. The van der Waals surface area contributed by atoms with Crippen LogP contribution in [0.5, 0.6) is 5.75 Å². The van der Waals surface area contributed by atoms with Crippen molar-refractivity contribution in [2.24, 2.45) is 0 Å². The molecule has 212 valence electrons. The van der Waals surface area contributed by atoms with Gasteiger partial charge in [-0.15, -0.1) is 0 Å². The normalized spacial score (nSPS) is 9.79. The number of hydrogen-bond donors (Lipinski definition) is 0. The van der Waals surface area contributed by atoms with E-state index in [-0.39, 0.29) is 27.4 Å². The number of ether oxygens (including phenoxy) is 5. The molecule has 0 bridgehead atoms. The molecule has 1 rings (SSSR count). The molecule has 1 aromatic rings. The van der Waals surface area contributed by atoms with Gasteiger partial charge in [0, 0.05) is 20.3 Å². The van der Waals surface area contributed by atoms with Gasteiger partial charge < -0.3 is 23.7 Å². The first-order valence-corrected chi connectivity index (χ1v) is 12.6. The molecule has 0 fully saturated rings. The van der Waals surface area contributed by atoms with E-state index < -0.39 is 0 Å². The van der Waals surface area contributed by atoms with Crippen LogP contribution in [0.1, 0.15) is 111 Å². The second kappa shape index (κ2) is 53.3. The van der Waals surface area contributed by atoms with Crippen molar-refractivity contribution >= 4 is 0 Å². The summed E-state index contributed by atoms with van der Waals surface area (Å²) in [5.74, 6) is 0.846. The first-order valence-electron chi connectivity index (χ1n) is 12.6. The molecule has 5 nitrogen and oxygen atoms in total. The van der Waals surface area contributed by atoms with Crippen LogP contribution in [0.25, 0.3) is 0 Å². The zero-order valence-electron chi connectivity index (χ0n) is 23.8. The molecule has 0 aliphatic heterocycles. The van der Waals surface area contributed by atoms with Gasteiger partial charge in [0.1, 0.15) is 5.75 Å². The summed E-state index contributed by atoms with van der Waals surface area (Å²) in [7, 11) is 1.62. The van der Waals surface area contributed by atoms with Crippen LogP contribution in [-0.2, 0) is 18.9 Å². The Kier molecular flexibility index (Phi) is 78.2. The Balaban J connectivity index is -0.0000000615. The van der Waals surface area contributed by atoms with E-state index in [2.05, 4.69) is 20.8 Å². The third-order valence-electron chi connectivity index (χ3n) is 2.71. The summed E-state index contributed by atoms with van der Waals surface area (Å²) in [6.45, 7) is 26.8. The van der Waals surface area contributed by atoms with E-state index in [0.29, 0.717) is 19.8 Å². The topological polar surface area (TPSA) is 46.2 Å². The SMILES string of the molecule is C.C.CC.CC.CC.CCC.CCCOCCOC(C)OC.CCOC(C)Oc1ccccc1. The smallest absolute Gasteiger partial charge is 0.196 e. The predicted octanol–water partition coefficient (Wildman–Crippen LogP) is 9.64. The van der Waals surface area contributed by atoms with E-state index in [1.54, 1.807) is 7.11 Å². The lowest BCUT2D eigenvalue weighted by atomic mass is 10.3. The Labute approximate surface area is 216 Å². The Morgan fingerprint density at radius 1 is 0.676 bits per heavy atom. The zero-order valence-corrected chi connectivity index (χ0v) is 23.8. The van der Waals surface area contributed by atoms with Crippen molar-refractivity contribution in [2.45, 2.75) is 123 Å². The molecule has 0 saturated carbocycles. The molecule has 0 aromatic heterocycles. The summed E-state index contributed by atoms with van der Waals surface area (Å²) < 4.78 is 25.9. The first kappa shape index (κ1) is 49.9. The van der Waals surface area contributed by atoms with Crippen molar-refractivity contribution in [1.82, 2.24) is 0 Å². The molecule has 0 heterocycles. The number of hydrogen-bond acceptors (Lipinski definition) is 5. The highest BCUT2D eigenvalue weighted by atomic mass is 16.7. The Morgan fingerprint density at radius 3 is 1.53 bits per heavy atom. The first-order chi connectivity index (χ1) is 15.5. The zero-order chi connectivity index (χ0) is 26.0. The van der Waals surface area contributed by atoms with Gasteiger partial charge in [0.15, 0.2) is 12.6 Å². The average Bonchev–Trinajstić information content (AvgIpc) is 2.84. The third-order valence-corrected chi connectivity index (χ3v) is 2.71. The van der Waals surface area contributed by atoms with Crippen LogP contribution in [0.4, 0.5) is 0 Å². The van der Waals surface area contributed by atoms with Crippen LogP contribution in [0.2, 0.25) is 0 Å². The molecule has 0 saturated heterocycles. The summed E-state index contributed by atoms with van der Waals surface area (Å²) in [6.07, 6.45) is 2.01. The summed E-state index contributed by atoms with van der Waals surface area (Å²) in [5.41, 5.74) is 0. The van der Waals surface area contributed by atoms with Gasteiger partial charge in [0.2, 0.25) is 0 Å². The van der Waals surface area contributed by atoms with Crippen molar-refractivity contribution in [2.75, 3.05) is 33.5 Å². The number of methoxy groups -OCH3 is 1. The molecular weight excluding hydrogens is 428 g/mol. The Hall–Kier alpha value is -1.14. The molecule has 1 aromatic carbocycles. The van der Waals surface area contributed by atoms with E-state index in [9.17, 15) is 0 Å². The van der Waals surface area contributed by atoms with Crippen LogP contribution in [0.3, 0.4) is 0 Å².